The van der Waals surface area contributed by atoms with Crippen molar-refractivity contribution in [2.45, 2.75) is 40.0 Å². The Morgan fingerprint density at radius 1 is 1.22 bits per heavy atom. The Morgan fingerprint density at radius 2 is 2.09 bits per heavy atom. The first kappa shape index (κ1) is 14.6. The maximum absolute atomic E-state index is 4.56. The second kappa shape index (κ2) is 5.60. The van der Waals surface area contributed by atoms with E-state index < -0.39 is 0 Å². The third kappa shape index (κ3) is 2.61. The van der Waals surface area contributed by atoms with E-state index in [1.807, 2.05) is 11.3 Å². The number of nitrogens with one attached hydrogen (secondary N) is 1. The van der Waals surface area contributed by atoms with Crippen molar-refractivity contribution in [2.24, 2.45) is 5.92 Å². The van der Waals surface area contributed by atoms with Crippen molar-refractivity contribution in [2.75, 3.05) is 5.32 Å². The largest absolute Gasteiger partial charge is 0.339 e. The highest BCUT2D eigenvalue weighted by Gasteiger charge is 2.23. The lowest BCUT2D eigenvalue weighted by atomic mass is 9.89. The third-order valence-corrected chi connectivity index (χ3v) is 5.90. The van der Waals surface area contributed by atoms with Crippen LogP contribution in [0.4, 0.5) is 11.5 Å². The molecule has 0 saturated carbocycles. The van der Waals surface area contributed by atoms with Gasteiger partial charge in [-0.3, -0.25) is 0 Å². The first-order chi connectivity index (χ1) is 11.1. The number of hydrogen-bond acceptors (Lipinski definition) is 4. The molecule has 3 nitrogen and oxygen atoms in total. The Bertz CT molecular complexity index is 882. The van der Waals surface area contributed by atoms with E-state index in [0.717, 1.165) is 28.7 Å². The minimum atomic E-state index is 0.777. The predicted octanol–water partition coefficient (Wildman–Crippen LogP) is 5.18. The summed E-state index contributed by atoms with van der Waals surface area (Å²) < 4.78 is 0. The topological polar surface area (TPSA) is 37.8 Å². The molecule has 1 atom stereocenters. The van der Waals surface area contributed by atoms with Crippen LogP contribution < -0.4 is 5.32 Å². The summed E-state index contributed by atoms with van der Waals surface area (Å²) >= 11 is 1.84. The van der Waals surface area contributed by atoms with Gasteiger partial charge >= 0.3 is 0 Å². The van der Waals surface area contributed by atoms with Gasteiger partial charge in [0.2, 0.25) is 0 Å². The molecule has 1 aliphatic rings. The van der Waals surface area contributed by atoms with Gasteiger partial charge in [-0.25, -0.2) is 9.97 Å². The molecule has 4 heteroatoms. The number of rotatable bonds is 2. The molecule has 0 amide bonds. The van der Waals surface area contributed by atoms with Crippen LogP contribution in [0.25, 0.3) is 10.2 Å². The highest BCUT2D eigenvalue weighted by molar-refractivity contribution is 7.19. The molecule has 1 N–H and O–H groups in total. The van der Waals surface area contributed by atoms with Crippen molar-refractivity contribution < 1.29 is 0 Å². The van der Waals surface area contributed by atoms with Gasteiger partial charge in [-0.2, -0.15) is 0 Å². The fourth-order valence-electron chi connectivity index (χ4n) is 3.37. The van der Waals surface area contributed by atoms with E-state index in [9.17, 15) is 0 Å². The summed E-state index contributed by atoms with van der Waals surface area (Å²) in [4.78, 5) is 11.7. The van der Waals surface area contributed by atoms with E-state index in [4.69, 9.17) is 0 Å². The van der Waals surface area contributed by atoms with E-state index in [-0.39, 0.29) is 0 Å². The molecule has 23 heavy (non-hydrogen) atoms. The zero-order chi connectivity index (χ0) is 16.0. The number of anilines is 2. The number of thiophene rings is 1. The van der Waals surface area contributed by atoms with Gasteiger partial charge in [0.15, 0.2) is 0 Å². The van der Waals surface area contributed by atoms with E-state index in [2.05, 4.69) is 54.3 Å². The van der Waals surface area contributed by atoms with Crippen molar-refractivity contribution in [3.63, 3.8) is 0 Å². The molecule has 1 aromatic carbocycles. The van der Waals surface area contributed by atoms with Crippen LogP contribution >= 0.6 is 11.3 Å². The lowest BCUT2D eigenvalue weighted by Gasteiger charge is -2.18. The molecule has 0 bridgehead atoms. The quantitative estimate of drug-likeness (QED) is 0.706. The minimum Gasteiger partial charge on any atom is -0.339 e. The molecule has 0 saturated heterocycles. The maximum atomic E-state index is 4.56. The number of nitrogens with zero attached hydrogens (tertiary/aromatic N) is 2. The number of fused-ring (bicyclic) bond motifs is 3. The zero-order valence-electron chi connectivity index (χ0n) is 13.8. The highest BCUT2D eigenvalue weighted by Crippen LogP contribution is 2.40. The van der Waals surface area contributed by atoms with Gasteiger partial charge < -0.3 is 5.32 Å². The number of benzene rings is 1. The summed E-state index contributed by atoms with van der Waals surface area (Å²) in [6.45, 7) is 6.59. The number of aryl methyl sites for hydroxylation is 3. The van der Waals surface area contributed by atoms with Crippen LogP contribution in [0.1, 0.15) is 34.9 Å². The average molecular weight is 323 g/mol. The van der Waals surface area contributed by atoms with Gasteiger partial charge in [0.05, 0.1) is 5.39 Å². The lowest BCUT2D eigenvalue weighted by Crippen LogP contribution is -2.09. The predicted molar refractivity (Wildman–Crippen MR) is 97.8 cm³/mol. The van der Waals surface area contributed by atoms with Crippen LogP contribution in [-0.4, -0.2) is 9.97 Å². The third-order valence-electron chi connectivity index (χ3n) is 4.74. The molecule has 0 fully saturated rings. The molecular formula is C19H21N3S. The number of aromatic nitrogens is 2. The van der Waals surface area contributed by atoms with Crippen LogP contribution in [0.3, 0.4) is 0 Å². The van der Waals surface area contributed by atoms with Crippen molar-refractivity contribution >= 4 is 33.1 Å². The highest BCUT2D eigenvalue weighted by atomic mass is 32.1. The Kier molecular flexibility index (Phi) is 3.57. The van der Waals surface area contributed by atoms with Crippen LogP contribution in [0.2, 0.25) is 0 Å². The average Bonchev–Trinajstić information content (AvgIpc) is 2.89. The smallest absolute Gasteiger partial charge is 0.142 e. The zero-order valence-corrected chi connectivity index (χ0v) is 14.6. The molecule has 2 aromatic heterocycles. The van der Waals surface area contributed by atoms with E-state index in [1.165, 1.54) is 39.8 Å². The van der Waals surface area contributed by atoms with Crippen LogP contribution in [-0.2, 0) is 12.8 Å². The fourth-order valence-corrected chi connectivity index (χ4v) is 4.72. The summed E-state index contributed by atoms with van der Waals surface area (Å²) in [5, 5.41) is 4.80. The van der Waals surface area contributed by atoms with Gasteiger partial charge in [-0.15, -0.1) is 11.3 Å². The molecule has 1 unspecified atom stereocenters. The molecular weight excluding hydrogens is 302 g/mol. The van der Waals surface area contributed by atoms with Gasteiger partial charge in [-0.05, 0) is 61.8 Å². The molecule has 3 aromatic rings. The van der Waals surface area contributed by atoms with E-state index >= 15 is 0 Å². The van der Waals surface area contributed by atoms with Crippen LogP contribution in [0.5, 0.6) is 0 Å². The summed E-state index contributed by atoms with van der Waals surface area (Å²) in [6.07, 6.45) is 5.27. The van der Waals surface area contributed by atoms with Gasteiger partial charge in [0.1, 0.15) is 17.0 Å². The second-order valence-corrected chi connectivity index (χ2v) is 7.78. The van der Waals surface area contributed by atoms with Crippen molar-refractivity contribution in [1.82, 2.24) is 9.97 Å². The summed E-state index contributed by atoms with van der Waals surface area (Å²) in [6, 6.07) is 6.48. The van der Waals surface area contributed by atoms with Crippen LogP contribution in [0, 0.1) is 19.8 Å². The number of hydrogen-bond donors (Lipinski definition) is 1. The Hall–Kier alpha value is -1.94. The molecule has 4 rings (SSSR count). The molecule has 0 radical (unpaired) electrons. The Balaban J connectivity index is 1.83. The summed E-state index contributed by atoms with van der Waals surface area (Å²) in [5.74, 6) is 1.73. The standard InChI is InChI=1S/C19H21N3S/c1-11-4-6-13(3)15(8-11)22-18-17-14-7-5-12(2)9-16(14)23-19(17)21-10-20-18/h4,6,8,10,12H,5,7,9H2,1-3H3,(H,20,21,22). The van der Waals surface area contributed by atoms with Crippen molar-refractivity contribution in [1.29, 1.82) is 0 Å². The van der Waals surface area contributed by atoms with E-state index in [1.54, 1.807) is 6.33 Å². The first-order valence-corrected chi connectivity index (χ1v) is 9.03. The van der Waals surface area contributed by atoms with Gasteiger partial charge in [0.25, 0.3) is 0 Å². The van der Waals surface area contributed by atoms with E-state index in [0.29, 0.717) is 0 Å². The summed E-state index contributed by atoms with van der Waals surface area (Å²) in [7, 11) is 0. The molecule has 0 spiro atoms. The normalized spacial score (nSPS) is 17.3. The molecule has 0 aliphatic heterocycles. The van der Waals surface area contributed by atoms with Gasteiger partial charge in [-0.1, -0.05) is 19.1 Å². The first-order valence-electron chi connectivity index (χ1n) is 8.21. The second-order valence-electron chi connectivity index (χ2n) is 6.70. The monoisotopic (exact) mass is 323 g/mol. The molecule has 118 valence electrons. The molecule has 1 aliphatic carbocycles. The fraction of sp³-hybridized carbons (Fsp3) is 0.368. The Morgan fingerprint density at radius 3 is 2.96 bits per heavy atom. The summed E-state index contributed by atoms with van der Waals surface area (Å²) in [5.41, 5.74) is 5.09. The van der Waals surface area contributed by atoms with Crippen molar-refractivity contribution in [3.8, 4) is 0 Å². The Labute approximate surface area is 140 Å². The SMILES string of the molecule is Cc1ccc(C)c(Nc2ncnc3sc4c(c23)CCC(C)C4)c1. The lowest BCUT2D eigenvalue weighted by molar-refractivity contribution is 0.509. The molecule has 2 heterocycles. The maximum Gasteiger partial charge on any atom is 0.142 e. The van der Waals surface area contributed by atoms with Crippen molar-refractivity contribution in [3.05, 3.63) is 46.1 Å². The minimum absolute atomic E-state index is 0.777. The van der Waals surface area contributed by atoms with Crippen LogP contribution in [0.15, 0.2) is 24.5 Å². The van der Waals surface area contributed by atoms with Gasteiger partial charge in [0, 0.05) is 10.6 Å².